The van der Waals surface area contributed by atoms with Crippen molar-refractivity contribution in [1.29, 1.82) is 0 Å². The topological polar surface area (TPSA) is 148 Å². The summed E-state index contributed by atoms with van der Waals surface area (Å²) in [5.74, 6) is 0. The van der Waals surface area contributed by atoms with Gasteiger partial charge in [0.25, 0.3) is 5.09 Å². The Kier molecular flexibility index (Phi) is 6.68. The van der Waals surface area contributed by atoms with Crippen molar-refractivity contribution >= 4 is 16.2 Å². The molecule has 11 heteroatoms. The van der Waals surface area contributed by atoms with Gasteiger partial charge in [-0.05, 0) is 28.8 Å². The Hall–Kier alpha value is -3.18. The lowest BCUT2D eigenvalue weighted by molar-refractivity contribution is -0.763. The van der Waals surface area contributed by atoms with Crippen LogP contribution in [0.25, 0.3) is 0 Å². The average Bonchev–Trinajstić information content (AvgIpc) is 2.63. The summed E-state index contributed by atoms with van der Waals surface area (Å²) in [6, 6.07) is 12.1. The van der Waals surface area contributed by atoms with Crippen molar-refractivity contribution in [2.45, 2.75) is 24.7 Å². The Balaban J connectivity index is 1.81. The number of hydrogen-bond acceptors (Lipinski definition) is 8. The van der Waals surface area contributed by atoms with Crippen LogP contribution in [0, 0.1) is 10.1 Å². The second-order valence-electron chi connectivity index (χ2n) is 5.33. The summed E-state index contributed by atoms with van der Waals surface area (Å²) in [5.41, 5.74) is 1.71. The van der Waals surface area contributed by atoms with Crippen LogP contribution in [-0.2, 0) is 44.2 Å². The number of carbonyl (C=O) groups excluding carboxylic acids is 1. The number of benzene rings is 2. The number of sulfonamides is 1. The first-order valence-electron chi connectivity index (χ1n) is 7.50. The second kappa shape index (κ2) is 8.96. The molecule has 0 aliphatic heterocycles. The highest BCUT2D eigenvalue weighted by atomic mass is 32.2. The molecule has 2 rings (SSSR count). The van der Waals surface area contributed by atoms with E-state index in [2.05, 4.69) is 4.84 Å². The molecule has 144 valence electrons. The van der Waals surface area contributed by atoms with Gasteiger partial charge < -0.3 is 14.3 Å². The normalized spacial score (nSPS) is 10.9. The molecule has 0 bridgehead atoms. The zero-order valence-electron chi connectivity index (χ0n) is 13.9. The van der Waals surface area contributed by atoms with E-state index in [1.165, 1.54) is 24.3 Å². The molecule has 0 aliphatic rings. The van der Waals surface area contributed by atoms with E-state index in [-0.39, 0.29) is 24.7 Å². The molecule has 0 atom stereocenters. The first-order valence-corrected chi connectivity index (χ1v) is 9.05. The van der Waals surface area contributed by atoms with Crippen molar-refractivity contribution in [2.75, 3.05) is 0 Å². The molecule has 0 heterocycles. The number of carbonyl (C=O) groups is 1. The van der Waals surface area contributed by atoms with E-state index in [1.807, 2.05) is 0 Å². The van der Waals surface area contributed by atoms with E-state index in [0.717, 1.165) is 0 Å². The number of hydrogen-bond donors (Lipinski definition) is 1. The summed E-state index contributed by atoms with van der Waals surface area (Å²) in [4.78, 5) is 26.1. The zero-order valence-corrected chi connectivity index (χ0v) is 14.8. The van der Waals surface area contributed by atoms with Gasteiger partial charge in [0.1, 0.15) is 19.8 Å². The third-order valence-electron chi connectivity index (χ3n) is 3.29. The van der Waals surface area contributed by atoms with E-state index in [1.54, 1.807) is 24.3 Å². The molecule has 0 aliphatic carbocycles. The molecule has 0 unspecified atom stereocenters. The molecule has 0 aromatic heterocycles. The minimum absolute atomic E-state index is 0.0465. The summed E-state index contributed by atoms with van der Waals surface area (Å²) in [5, 5.41) is 14.3. The van der Waals surface area contributed by atoms with Gasteiger partial charge in [0, 0.05) is 0 Å². The molecule has 2 aromatic rings. The van der Waals surface area contributed by atoms with Crippen LogP contribution in [0.5, 0.6) is 0 Å². The van der Waals surface area contributed by atoms with E-state index >= 15 is 0 Å². The summed E-state index contributed by atoms with van der Waals surface area (Å²) in [7, 11) is -3.78. The Morgan fingerprint density at radius 1 is 0.963 bits per heavy atom. The highest BCUT2D eigenvalue weighted by molar-refractivity contribution is 7.89. The molecule has 2 N–H and O–H groups in total. The molecule has 0 saturated carbocycles. The molecular formula is C16H16N2O8S. The monoisotopic (exact) mass is 396 g/mol. The Morgan fingerprint density at radius 3 is 2.07 bits per heavy atom. The van der Waals surface area contributed by atoms with E-state index in [0.29, 0.717) is 16.7 Å². The lowest BCUT2D eigenvalue weighted by atomic mass is 10.1. The predicted molar refractivity (Wildman–Crippen MR) is 91.0 cm³/mol. The smallest absolute Gasteiger partial charge is 0.429 e. The summed E-state index contributed by atoms with van der Waals surface area (Å²) in [6.45, 7) is -0.407. The molecule has 10 nitrogen and oxygen atoms in total. The number of rotatable bonds is 8. The van der Waals surface area contributed by atoms with Crippen LogP contribution in [0.1, 0.15) is 16.7 Å². The van der Waals surface area contributed by atoms with Crippen molar-refractivity contribution in [3.63, 3.8) is 0 Å². The minimum atomic E-state index is -3.78. The Labute approximate surface area is 154 Å². The van der Waals surface area contributed by atoms with Gasteiger partial charge in [0.05, 0.1) is 4.90 Å². The van der Waals surface area contributed by atoms with Crippen LogP contribution in [0.15, 0.2) is 53.4 Å². The predicted octanol–water partition coefficient (Wildman–Crippen LogP) is 1.90. The van der Waals surface area contributed by atoms with E-state index in [9.17, 15) is 23.3 Å². The van der Waals surface area contributed by atoms with Crippen molar-refractivity contribution in [2.24, 2.45) is 5.14 Å². The molecule has 27 heavy (non-hydrogen) atoms. The zero-order chi connectivity index (χ0) is 19.9. The van der Waals surface area contributed by atoms with Crippen LogP contribution in [0.4, 0.5) is 4.79 Å². The van der Waals surface area contributed by atoms with Crippen LogP contribution >= 0.6 is 0 Å². The average molecular weight is 396 g/mol. The molecule has 0 spiro atoms. The van der Waals surface area contributed by atoms with Gasteiger partial charge >= 0.3 is 6.16 Å². The third-order valence-corrected chi connectivity index (χ3v) is 4.22. The number of primary sulfonamides is 1. The molecular weight excluding hydrogens is 380 g/mol. The first-order chi connectivity index (χ1) is 12.7. The SMILES string of the molecule is NS(=O)(=O)c1ccc(COC(=O)OCc2cccc(CO[N+](=O)[O-])c2)cc1. The fourth-order valence-electron chi connectivity index (χ4n) is 2.04. The quantitative estimate of drug-likeness (QED) is 0.404. The van der Waals surface area contributed by atoms with Crippen LogP contribution < -0.4 is 5.14 Å². The molecule has 0 saturated heterocycles. The Bertz CT molecular complexity index is 912. The van der Waals surface area contributed by atoms with Gasteiger partial charge in [-0.2, -0.15) is 0 Å². The van der Waals surface area contributed by atoms with Gasteiger partial charge in [0.15, 0.2) is 0 Å². The van der Waals surface area contributed by atoms with Gasteiger partial charge in [-0.3, -0.25) is 0 Å². The van der Waals surface area contributed by atoms with Gasteiger partial charge in [-0.25, -0.2) is 18.4 Å². The maximum absolute atomic E-state index is 11.6. The lowest BCUT2D eigenvalue weighted by Gasteiger charge is -2.08. The standard InChI is InChI=1S/C16H16N2O8S/c17-27(22,23)15-6-4-12(5-7-15)9-24-16(19)25-10-13-2-1-3-14(8-13)11-26-18(20)21/h1-8H,9-11H2,(H2,17,22,23). The van der Waals surface area contributed by atoms with Gasteiger partial charge in [-0.15, -0.1) is 10.1 Å². The molecule has 0 radical (unpaired) electrons. The van der Waals surface area contributed by atoms with Crippen molar-refractivity contribution in [1.82, 2.24) is 0 Å². The fraction of sp³-hybridized carbons (Fsp3) is 0.188. The molecule has 0 amide bonds. The van der Waals surface area contributed by atoms with E-state index < -0.39 is 21.3 Å². The Morgan fingerprint density at radius 2 is 1.52 bits per heavy atom. The highest BCUT2D eigenvalue weighted by Crippen LogP contribution is 2.11. The second-order valence-corrected chi connectivity index (χ2v) is 6.89. The maximum atomic E-state index is 11.6. The van der Waals surface area contributed by atoms with Crippen molar-refractivity contribution in [3.05, 3.63) is 75.3 Å². The summed E-state index contributed by atoms with van der Waals surface area (Å²) < 4.78 is 32.2. The lowest BCUT2D eigenvalue weighted by Crippen LogP contribution is -2.12. The summed E-state index contributed by atoms with van der Waals surface area (Å²) >= 11 is 0. The van der Waals surface area contributed by atoms with E-state index in [4.69, 9.17) is 14.6 Å². The van der Waals surface area contributed by atoms with Crippen LogP contribution in [0.3, 0.4) is 0 Å². The van der Waals surface area contributed by atoms with Gasteiger partial charge in [0.2, 0.25) is 10.0 Å². The number of ether oxygens (including phenoxy) is 2. The highest BCUT2D eigenvalue weighted by Gasteiger charge is 2.09. The fourth-order valence-corrected chi connectivity index (χ4v) is 2.55. The van der Waals surface area contributed by atoms with Crippen molar-refractivity contribution in [3.8, 4) is 0 Å². The van der Waals surface area contributed by atoms with Crippen molar-refractivity contribution < 1.29 is 32.6 Å². The van der Waals surface area contributed by atoms with Crippen LogP contribution in [0.2, 0.25) is 0 Å². The third kappa shape index (κ3) is 6.92. The minimum Gasteiger partial charge on any atom is -0.429 e. The maximum Gasteiger partial charge on any atom is 0.508 e. The molecule has 2 aromatic carbocycles. The largest absolute Gasteiger partial charge is 0.508 e. The van der Waals surface area contributed by atoms with Gasteiger partial charge in [-0.1, -0.05) is 36.4 Å². The number of nitrogens with two attached hydrogens (primary N) is 1. The number of nitrogens with zero attached hydrogens (tertiary/aromatic N) is 1. The molecule has 0 fully saturated rings. The van der Waals surface area contributed by atoms with Crippen LogP contribution in [-0.4, -0.2) is 19.7 Å². The summed E-state index contributed by atoms with van der Waals surface area (Å²) in [6.07, 6.45) is -0.919. The first kappa shape index (κ1) is 20.1.